The van der Waals surface area contributed by atoms with Crippen LogP contribution >= 0.6 is 11.8 Å². The molecule has 306 valence electrons. The van der Waals surface area contributed by atoms with Gasteiger partial charge in [-0.15, -0.1) is 11.8 Å². The topological polar surface area (TPSA) is 249 Å². The highest BCUT2D eigenvalue weighted by atomic mass is 32.3. The second kappa shape index (κ2) is 20.0. The summed E-state index contributed by atoms with van der Waals surface area (Å²) in [6, 6.07) is 15.1. The molecule has 2 aromatic rings. The Morgan fingerprint density at radius 1 is 0.625 bits per heavy atom. The van der Waals surface area contributed by atoms with Crippen molar-refractivity contribution in [3.05, 3.63) is 71.8 Å². The number of hydrogen-bond acceptors (Lipinski definition) is 19. The van der Waals surface area contributed by atoms with Crippen LogP contribution in [0.4, 0.5) is 0 Å². The van der Waals surface area contributed by atoms with Gasteiger partial charge in [-0.1, -0.05) is 36.4 Å². The molecule has 0 spiro atoms. The first-order valence-corrected chi connectivity index (χ1v) is 19.2. The van der Waals surface area contributed by atoms with E-state index in [1.54, 1.807) is 24.3 Å². The predicted octanol–water partition coefficient (Wildman–Crippen LogP) is 1.81. The Balaban J connectivity index is 1.75. The lowest BCUT2D eigenvalue weighted by molar-refractivity contribution is -0.279. The Hall–Kier alpha value is -4.64. The van der Waals surface area contributed by atoms with Crippen molar-refractivity contribution in [1.29, 1.82) is 0 Å². The SMILES string of the molecule is CO[C@H]1O[C@H](CS[C@@H]2O[C@H](COC(C)=O)[C@@H](OC(C)=O)[C@H](OC(C)=O)[C@H]2OC(C)=O)[C@@H](OS(=O)(=O)O)[C@H](OC(=O)c2ccccc2)[C@H]1OC(=O)c1ccccc1. The summed E-state index contributed by atoms with van der Waals surface area (Å²) in [4.78, 5) is 75.3. The molecule has 0 unspecified atom stereocenters. The largest absolute Gasteiger partial charge is 0.463 e. The number of benzene rings is 2. The van der Waals surface area contributed by atoms with E-state index >= 15 is 0 Å². The number of esters is 6. The Morgan fingerprint density at radius 2 is 1.11 bits per heavy atom. The highest BCUT2D eigenvalue weighted by molar-refractivity contribution is 7.99. The van der Waals surface area contributed by atoms with Gasteiger partial charge in [0, 0.05) is 40.6 Å². The van der Waals surface area contributed by atoms with Gasteiger partial charge in [0.2, 0.25) is 0 Å². The lowest BCUT2D eigenvalue weighted by atomic mass is 9.98. The second-order valence-electron chi connectivity index (χ2n) is 12.1. The number of rotatable bonds is 15. The van der Waals surface area contributed by atoms with Crippen LogP contribution in [0.1, 0.15) is 48.4 Å². The van der Waals surface area contributed by atoms with Gasteiger partial charge in [-0.25, -0.2) is 13.8 Å². The summed E-state index contributed by atoms with van der Waals surface area (Å²) in [5.74, 6) is -5.72. The van der Waals surface area contributed by atoms with Gasteiger partial charge in [0.15, 0.2) is 36.8 Å². The Kier molecular flexibility index (Phi) is 15.7. The molecule has 4 rings (SSSR count). The van der Waals surface area contributed by atoms with E-state index in [2.05, 4.69) is 0 Å². The van der Waals surface area contributed by atoms with Crippen LogP contribution in [0, 0.1) is 0 Å². The standard InChI is InChI=1S/C35H40O19S2/c1-18(36)46-16-24-26(47-19(2)37)28(48-20(3)38)31(49-21(4)39)35(51-24)55-17-25-27(54-56(42,43)44)29(52-32(40)22-12-8-6-9-13-22)30(34(45-5)50-25)53-33(41)23-14-10-7-11-15-23/h6-15,24-31,34-35H,16-17H2,1-5H3,(H,42,43,44)/t24-,25-,26-,27-,28+,29+,30-,31-,34+,35+/m1/s1. The lowest BCUT2D eigenvalue weighted by Crippen LogP contribution is -2.63. The van der Waals surface area contributed by atoms with Crippen molar-refractivity contribution < 1.29 is 88.6 Å². The third-order valence-corrected chi connectivity index (χ3v) is 9.63. The third-order valence-electron chi connectivity index (χ3n) is 7.93. The van der Waals surface area contributed by atoms with Crippen molar-refractivity contribution in [3.63, 3.8) is 0 Å². The summed E-state index contributed by atoms with van der Waals surface area (Å²) < 4.78 is 90.2. The number of thioether (sulfide) groups is 1. The molecule has 2 fully saturated rings. The first-order valence-electron chi connectivity index (χ1n) is 16.8. The smallest absolute Gasteiger partial charge is 0.397 e. The second-order valence-corrected chi connectivity index (χ2v) is 14.3. The minimum absolute atomic E-state index is 0.00937. The molecule has 0 radical (unpaired) electrons. The van der Waals surface area contributed by atoms with E-state index in [1.165, 1.54) is 36.4 Å². The number of hydrogen-bond donors (Lipinski definition) is 1. The van der Waals surface area contributed by atoms with Gasteiger partial charge in [-0.05, 0) is 24.3 Å². The van der Waals surface area contributed by atoms with Gasteiger partial charge in [-0.3, -0.25) is 23.7 Å². The maximum atomic E-state index is 13.5. The monoisotopic (exact) mass is 828 g/mol. The average molecular weight is 829 g/mol. The molecule has 0 aromatic heterocycles. The fourth-order valence-electron chi connectivity index (χ4n) is 5.76. The van der Waals surface area contributed by atoms with Gasteiger partial charge in [0.1, 0.15) is 30.4 Å². The molecular formula is C35H40O19S2. The highest BCUT2D eigenvalue weighted by Gasteiger charge is 2.56. The molecule has 0 amide bonds. The maximum absolute atomic E-state index is 13.5. The van der Waals surface area contributed by atoms with Crippen molar-refractivity contribution in [2.24, 2.45) is 0 Å². The molecule has 0 saturated carbocycles. The summed E-state index contributed by atoms with van der Waals surface area (Å²) in [5.41, 5.74) is -1.30. The number of carbonyl (C=O) groups excluding carboxylic acids is 6. The number of carbonyl (C=O) groups is 6. The van der Waals surface area contributed by atoms with Crippen molar-refractivity contribution in [3.8, 4) is 0 Å². The van der Waals surface area contributed by atoms with E-state index in [-0.39, 0.29) is 11.1 Å². The molecule has 2 aliphatic heterocycles. The summed E-state index contributed by atoms with van der Waals surface area (Å²) >= 11 is 0.758. The van der Waals surface area contributed by atoms with Crippen LogP contribution in [0.25, 0.3) is 0 Å². The first-order chi connectivity index (χ1) is 26.5. The van der Waals surface area contributed by atoms with Crippen molar-refractivity contribution in [2.75, 3.05) is 19.5 Å². The van der Waals surface area contributed by atoms with Crippen LogP contribution in [0.5, 0.6) is 0 Å². The Morgan fingerprint density at radius 3 is 1.59 bits per heavy atom. The Bertz CT molecular complexity index is 1810. The van der Waals surface area contributed by atoms with E-state index in [9.17, 15) is 41.7 Å². The maximum Gasteiger partial charge on any atom is 0.397 e. The molecule has 10 atom stereocenters. The molecule has 2 heterocycles. The Labute approximate surface area is 325 Å². The van der Waals surface area contributed by atoms with Gasteiger partial charge < -0.3 is 42.6 Å². The highest BCUT2D eigenvalue weighted by Crippen LogP contribution is 2.38. The van der Waals surface area contributed by atoms with Crippen LogP contribution in [0.3, 0.4) is 0 Å². The molecule has 2 saturated heterocycles. The molecule has 1 N–H and O–H groups in total. The van der Waals surface area contributed by atoms with Crippen LogP contribution in [-0.2, 0) is 76.4 Å². The average Bonchev–Trinajstić information content (AvgIpc) is 3.13. The summed E-state index contributed by atoms with van der Waals surface area (Å²) in [6.45, 7) is 3.73. The summed E-state index contributed by atoms with van der Waals surface area (Å²) in [5, 5.41) is 0. The van der Waals surface area contributed by atoms with E-state index < -0.39 is 119 Å². The minimum atomic E-state index is -5.37. The van der Waals surface area contributed by atoms with E-state index in [1.807, 2.05) is 0 Å². The quantitative estimate of drug-likeness (QED) is 0.153. The van der Waals surface area contributed by atoms with E-state index in [0.717, 1.165) is 46.6 Å². The number of ether oxygens (including phenoxy) is 9. The fourth-order valence-corrected chi connectivity index (χ4v) is 7.55. The molecule has 2 aliphatic rings. The zero-order chi connectivity index (χ0) is 41.2. The zero-order valence-corrected chi connectivity index (χ0v) is 32.2. The molecule has 2 aromatic carbocycles. The third kappa shape index (κ3) is 12.4. The summed E-state index contributed by atoms with van der Waals surface area (Å²) in [6.07, 6.45) is -14.5. The summed E-state index contributed by atoms with van der Waals surface area (Å²) in [7, 11) is -4.21. The van der Waals surface area contributed by atoms with Gasteiger partial charge >= 0.3 is 46.2 Å². The molecule has 19 nitrogen and oxygen atoms in total. The fraction of sp³-hybridized carbons (Fsp3) is 0.486. The first kappa shape index (κ1) is 44.1. The normalized spacial score (nSPS) is 27.5. The van der Waals surface area contributed by atoms with E-state index in [4.69, 9.17) is 46.8 Å². The molecule has 21 heteroatoms. The van der Waals surface area contributed by atoms with Crippen molar-refractivity contribution in [1.82, 2.24) is 0 Å². The van der Waals surface area contributed by atoms with Crippen LogP contribution in [-0.4, -0.2) is 129 Å². The predicted molar refractivity (Wildman–Crippen MR) is 188 cm³/mol. The van der Waals surface area contributed by atoms with Crippen molar-refractivity contribution >= 4 is 58.0 Å². The minimum Gasteiger partial charge on any atom is -0.463 e. The molecular weight excluding hydrogens is 788 g/mol. The van der Waals surface area contributed by atoms with Gasteiger partial charge in [0.05, 0.1) is 11.1 Å². The molecule has 56 heavy (non-hydrogen) atoms. The molecule has 0 aliphatic carbocycles. The zero-order valence-electron chi connectivity index (χ0n) is 30.6. The lowest BCUT2D eigenvalue weighted by Gasteiger charge is -2.46. The van der Waals surface area contributed by atoms with Gasteiger partial charge in [0.25, 0.3) is 0 Å². The number of methoxy groups -OCH3 is 1. The molecule has 0 bridgehead atoms. The van der Waals surface area contributed by atoms with Crippen LogP contribution < -0.4 is 0 Å². The van der Waals surface area contributed by atoms with Crippen LogP contribution in [0.15, 0.2) is 60.7 Å². The van der Waals surface area contributed by atoms with Gasteiger partial charge in [-0.2, -0.15) is 8.42 Å². The van der Waals surface area contributed by atoms with E-state index in [0.29, 0.717) is 0 Å². The van der Waals surface area contributed by atoms with Crippen molar-refractivity contribution in [2.45, 2.75) is 88.3 Å². The van der Waals surface area contributed by atoms with Crippen LogP contribution in [0.2, 0.25) is 0 Å².